The number of benzene rings is 1. The van der Waals surface area contributed by atoms with E-state index in [2.05, 4.69) is 20.0 Å². The van der Waals surface area contributed by atoms with Crippen molar-refractivity contribution in [2.75, 3.05) is 5.73 Å². The number of nitrogens with zero attached hydrogens (tertiary/aromatic N) is 5. The molecule has 0 amide bonds. The summed E-state index contributed by atoms with van der Waals surface area (Å²) < 4.78 is 12.9. The summed E-state index contributed by atoms with van der Waals surface area (Å²) in [5, 5.41) is 3.81. The van der Waals surface area contributed by atoms with Crippen LogP contribution >= 0.6 is 0 Å². The van der Waals surface area contributed by atoms with Gasteiger partial charge in [-0.15, -0.1) is 0 Å². The van der Waals surface area contributed by atoms with Gasteiger partial charge in [0.15, 0.2) is 0 Å². The standard InChI is InChI=1S/C8H5FN6/c9-4-1-2-5-6(3-4)12-8(10)13-7(5)14-15-11/h1-3H,(H2,10,12,13). The monoisotopic (exact) mass is 204 g/mol. The van der Waals surface area contributed by atoms with Crippen LogP contribution in [0.15, 0.2) is 23.3 Å². The second-order valence-electron chi connectivity index (χ2n) is 2.76. The van der Waals surface area contributed by atoms with Crippen molar-refractivity contribution in [1.29, 1.82) is 0 Å². The number of halogens is 1. The Morgan fingerprint density at radius 1 is 1.40 bits per heavy atom. The number of aromatic nitrogens is 2. The van der Waals surface area contributed by atoms with E-state index >= 15 is 0 Å². The smallest absolute Gasteiger partial charge is 0.220 e. The fourth-order valence-corrected chi connectivity index (χ4v) is 1.22. The molecule has 2 N–H and O–H groups in total. The maximum absolute atomic E-state index is 12.9. The molecule has 0 atom stereocenters. The van der Waals surface area contributed by atoms with Crippen LogP contribution in [0.2, 0.25) is 0 Å². The van der Waals surface area contributed by atoms with Crippen LogP contribution in [-0.4, -0.2) is 9.97 Å². The van der Waals surface area contributed by atoms with Gasteiger partial charge in [0.05, 0.1) is 5.52 Å². The quantitative estimate of drug-likeness (QED) is 0.438. The molecule has 2 aromatic rings. The van der Waals surface area contributed by atoms with Gasteiger partial charge in [0.25, 0.3) is 0 Å². The molecule has 74 valence electrons. The normalized spacial score (nSPS) is 9.93. The molecule has 6 nitrogen and oxygen atoms in total. The maximum atomic E-state index is 12.9. The van der Waals surface area contributed by atoms with Gasteiger partial charge in [-0.25, -0.2) is 14.4 Å². The molecule has 1 heterocycles. The third-order valence-corrected chi connectivity index (χ3v) is 1.80. The summed E-state index contributed by atoms with van der Waals surface area (Å²) in [4.78, 5) is 10.2. The summed E-state index contributed by atoms with van der Waals surface area (Å²) in [6, 6.07) is 3.87. The van der Waals surface area contributed by atoms with E-state index in [-0.39, 0.29) is 11.8 Å². The summed E-state index contributed by atoms with van der Waals surface area (Å²) in [6.07, 6.45) is 0. The molecule has 1 aromatic carbocycles. The minimum Gasteiger partial charge on any atom is -0.368 e. The molecule has 0 aliphatic rings. The average Bonchev–Trinajstić information content (AvgIpc) is 2.17. The first-order chi connectivity index (χ1) is 7.20. The summed E-state index contributed by atoms with van der Waals surface area (Å²) in [6.45, 7) is 0. The summed E-state index contributed by atoms with van der Waals surface area (Å²) in [7, 11) is 0. The Morgan fingerprint density at radius 3 is 2.93 bits per heavy atom. The fraction of sp³-hybridized carbons (Fsp3) is 0. The first kappa shape index (κ1) is 9.17. The zero-order chi connectivity index (χ0) is 10.8. The SMILES string of the molecule is [N-]=[N+]=Nc1nc(N)nc2cc(F)ccc12. The van der Waals surface area contributed by atoms with Gasteiger partial charge in [0, 0.05) is 16.4 Å². The predicted molar refractivity (Wildman–Crippen MR) is 52.7 cm³/mol. The van der Waals surface area contributed by atoms with Crippen LogP contribution < -0.4 is 5.73 Å². The van der Waals surface area contributed by atoms with Crippen LogP contribution in [0.25, 0.3) is 21.3 Å². The summed E-state index contributed by atoms with van der Waals surface area (Å²) >= 11 is 0. The van der Waals surface area contributed by atoms with Crippen molar-refractivity contribution in [1.82, 2.24) is 9.97 Å². The van der Waals surface area contributed by atoms with E-state index in [1.54, 1.807) is 0 Å². The molecule has 0 saturated carbocycles. The van der Waals surface area contributed by atoms with Crippen molar-refractivity contribution in [3.8, 4) is 0 Å². The number of hydrogen-bond acceptors (Lipinski definition) is 4. The highest BCUT2D eigenvalue weighted by Crippen LogP contribution is 2.24. The van der Waals surface area contributed by atoms with Crippen molar-refractivity contribution in [2.45, 2.75) is 0 Å². The summed E-state index contributed by atoms with van der Waals surface area (Å²) in [5.41, 5.74) is 14.0. The van der Waals surface area contributed by atoms with Gasteiger partial charge in [-0.2, -0.15) is 0 Å². The lowest BCUT2D eigenvalue weighted by molar-refractivity contribution is 0.629. The van der Waals surface area contributed by atoms with Crippen LogP contribution in [0.5, 0.6) is 0 Å². The maximum Gasteiger partial charge on any atom is 0.220 e. The van der Waals surface area contributed by atoms with Gasteiger partial charge in [0.1, 0.15) is 11.6 Å². The number of anilines is 1. The Hall–Kier alpha value is -2.40. The molecule has 15 heavy (non-hydrogen) atoms. The Bertz CT molecular complexity index is 569. The number of nitrogen functional groups attached to an aromatic ring is 1. The van der Waals surface area contributed by atoms with Crippen LogP contribution in [0.4, 0.5) is 16.2 Å². The minimum absolute atomic E-state index is 0.0597. The van der Waals surface area contributed by atoms with E-state index in [1.807, 2.05) is 0 Å². The third kappa shape index (κ3) is 1.63. The number of hydrogen-bond donors (Lipinski definition) is 1. The van der Waals surface area contributed by atoms with E-state index < -0.39 is 5.82 Å². The molecule has 0 radical (unpaired) electrons. The fourth-order valence-electron chi connectivity index (χ4n) is 1.22. The van der Waals surface area contributed by atoms with Gasteiger partial charge >= 0.3 is 0 Å². The second-order valence-corrected chi connectivity index (χ2v) is 2.76. The number of fused-ring (bicyclic) bond motifs is 1. The van der Waals surface area contributed by atoms with Crippen LogP contribution in [-0.2, 0) is 0 Å². The first-order valence-electron chi connectivity index (χ1n) is 3.98. The summed E-state index contributed by atoms with van der Waals surface area (Å²) in [5.74, 6) is -0.400. The topological polar surface area (TPSA) is 101 Å². The molecule has 0 aliphatic heterocycles. The van der Waals surface area contributed by atoms with E-state index in [0.717, 1.165) is 0 Å². The number of nitrogens with two attached hydrogens (primary N) is 1. The minimum atomic E-state index is -0.438. The molecule has 0 fully saturated rings. The predicted octanol–water partition coefficient (Wildman–Crippen LogP) is 2.29. The largest absolute Gasteiger partial charge is 0.368 e. The van der Waals surface area contributed by atoms with Gasteiger partial charge in [-0.3, -0.25) is 0 Å². The number of rotatable bonds is 1. The molecular formula is C8H5FN6. The lowest BCUT2D eigenvalue weighted by Crippen LogP contribution is -1.95. The van der Waals surface area contributed by atoms with Gasteiger partial charge in [-0.1, -0.05) is 0 Å². The third-order valence-electron chi connectivity index (χ3n) is 1.80. The van der Waals surface area contributed by atoms with Crippen molar-refractivity contribution in [2.24, 2.45) is 5.11 Å². The average molecular weight is 204 g/mol. The molecular weight excluding hydrogens is 199 g/mol. The molecule has 0 spiro atoms. The Kier molecular flexibility index (Phi) is 2.07. The van der Waals surface area contributed by atoms with Crippen LogP contribution in [0.3, 0.4) is 0 Å². The van der Waals surface area contributed by atoms with Crippen LogP contribution in [0, 0.1) is 5.82 Å². The van der Waals surface area contributed by atoms with Gasteiger partial charge in [-0.05, 0) is 22.8 Å². The zero-order valence-corrected chi connectivity index (χ0v) is 7.42. The molecule has 0 bridgehead atoms. The molecule has 7 heteroatoms. The molecule has 0 saturated heterocycles. The van der Waals surface area contributed by atoms with Crippen molar-refractivity contribution < 1.29 is 4.39 Å². The van der Waals surface area contributed by atoms with Crippen molar-refractivity contribution in [3.05, 3.63) is 34.5 Å². The molecule has 0 aliphatic carbocycles. The van der Waals surface area contributed by atoms with E-state index in [0.29, 0.717) is 10.9 Å². The highest BCUT2D eigenvalue weighted by atomic mass is 19.1. The van der Waals surface area contributed by atoms with Crippen LogP contribution in [0.1, 0.15) is 0 Å². The van der Waals surface area contributed by atoms with E-state index in [1.165, 1.54) is 18.2 Å². The Morgan fingerprint density at radius 2 is 2.20 bits per heavy atom. The first-order valence-corrected chi connectivity index (χ1v) is 3.98. The second kappa shape index (κ2) is 3.39. The van der Waals surface area contributed by atoms with E-state index in [9.17, 15) is 4.39 Å². The molecule has 2 rings (SSSR count). The highest BCUT2D eigenvalue weighted by molar-refractivity contribution is 5.88. The number of azide groups is 1. The van der Waals surface area contributed by atoms with Gasteiger partial charge < -0.3 is 5.73 Å². The zero-order valence-electron chi connectivity index (χ0n) is 7.42. The van der Waals surface area contributed by atoms with E-state index in [4.69, 9.17) is 11.3 Å². The lowest BCUT2D eigenvalue weighted by atomic mass is 10.2. The molecule has 1 aromatic heterocycles. The lowest BCUT2D eigenvalue weighted by Gasteiger charge is -2.01. The van der Waals surface area contributed by atoms with Crippen molar-refractivity contribution >= 4 is 22.7 Å². The highest BCUT2D eigenvalue weighted by Gasteiger charge is 2.05. The Labute approximate surface area is 83.2 Å². The van der Waals surface area contributed by atoms with Gasteiger partial charge in [0.2, 0.25) is 5.95 Å². The Balaban J connectivity index is 2.85. The van der Waals surface area contributed by atoms with Crippen molar-refractivity contribution in [3.63, 3.8) is 0 Å². The molecule has 0 unspecified atom stereocenters.